The molecule has 5 N–H and O–H groups in total. The molecule has 0 radical (unpaired) electrons. The zero-order chi connectivity index (χ0) is 17.1. The van der Waals surface area contributed by atoms with Gasteiger partial charge in [-0.05, 0) is 31.5 Å². The van der Waals surface area contributed by atoms with Crippen molar-refractivity contribution in [1.82, 2.24) is 5.32 Å². The number of aliphatic carboxylic acids is 1. The molecule has 1 heterocycles. The van der Waals surface area contributed by atoms with Crippen molar-refractivity contribution in [3.05, 3.63) is 35.7 Å². The lowest BCUT2D eigenvalue weighted by Crippen LogP contribution is -2.26. The second-order valence-electron chi connectivity index (χ2n) is 4.87. The fraction of sp³-hybridized carbons (Fsp3) is 0.438. The molecule has 0 aromatic heterocycles. The Bertz CT molecular complexity index is 519. The van der Waals surface area contributed by atoms with E-state index in [0.717, 1.165) is 38.3 Å². The van der Waals surface area contributed by atoms with Crippen LogP contribution in [-0.4, -0.2) is 36.7 Å². The van der Waals surface area contributed by atoms with Crippen LogP contribution in [0.4, 0.5) is 5.69 Å². The summed E-state index contributed by atoms with van der Waals surface area (Å²) < 4.78 is 0. The van der Waals surface area contributed by atoms with Crippen LogP contribution < -0.4 is 16.4 Å². The summed E-state index contributed by atoms with van der Waals surface area (Å²) in [5.74, 6) is 0.00650. The number of carboxylic acid groups (broad SMARTS) is 1. The van der Waals surface area contributed by atoms with Gasteiger partial charge in [0.15, 0.2) is 5.96 Å². The van der Waals surface area contributed by atoms with E-state index in [1.165, 1.54) is 0 Å². The molecule has 0 amide bonds. The van der Waals surface area contributed by atoms with E-state index in [1.807, 2.05) is 0 Å². The summed E-state index contributed by atoms with van der Waals surface area (Å²) in [6.45, 7) is 2.30. The van der Waals surface area contributed by atoms with E-state index < -0.39 is 5.97 Å². The Morgan fingerprint density at radius 2 is 1.96 bits per heavy atom. The highest BCUT2D eigenvalue weighted by Gasteiger charge is 2.09. The van der Waals surface area contributed by atoms with E-state index in [0.29, 0.717) is 22.3 Å². The number of carbonyl (C=O) groups is 1. The summed E-state index contributed by atoms with van der Waals surface area (Å²) in [6, 6.07) is 5.37. The second kappa shape index (κ2) is 12.9. The molecule has 0 bridgehead atoms. The molecule has 1 aromatic carbocycles. The molecule has 0 atom stereocenters. The number of halogens is 2. The number of hydrogen-bond acceptors (Lipinski definition) is 5. The minimum absolute atomic E-state index is 0. The van der Waals surface area contributed by atoms with Gasteiger partial charge in [0.1, 0.15) is 0 Å². The van der Waals surface area contributed by atoms with Gasteiger partial charge in [0.25, 0.3) is 0 Å². The van der Waals surface area contributed by atoms with E-state index in [-0.39, 0.29) is 13.8 Å². The Morgan fingerprint density at radius 1 is 1.29 bits per heavy atom. The Morgan fingerprint density at radius 3 is 2.46 bits per heavy atom. The summed E-state index contributed by atoms with van der Waals surface area (Å²) in [5, 5.41) is 15.5. The zero-order valence-electron chi connectivity index (χ0n) is 13.8. The van der Waals surface area contributed by atoms with E-state index in [9.17, 15) is 4.79 Å². The third kappa shape index (κ3) is 8.96. The average Bonchev–Trinajstić information content (AvgIpc) is 3.01. The third-order valence-corrected chi connectivity index (χ3v) is 3.61. The van der Waals surface area contributed by atoms with Crippen molar-refractivity contribution >= 4 is 40.8 Å². The Kier molecular flexibility index (Phi) is 12.1. The Balaban J connectivity index is 0.000000468. The molecule has 2 rings (SSSR count). The molecule has 1 aromatic rings. The van der Waals surface area contributed by atoms with Crippen molar-refractivity contribution in [1.29, 1.82) is 0 Å². The van der Waals surface area contributed by atoms with Crippen LogP contribution in [0.1, 0.15) is 25.7 Å². The smallest absolute Gasteiger partial charge is 0.303 e. The topological polar surface area (TPSA) is 99.7 Å². The molecule has 136 valence electrons. The number of rotatable bonds is 6. The van der Waals surface area contributed by atoms with Crippen LogP contribution in [0, 0.1) is 7.43 Å². The van der Waals surface area contributed by atoms with E-state index in [1.54, 1.807) is 18.2 Å². The van der Waals surface area contributed by atoms with Gasteiger partial charge in [-0.1, -0.05) is 35.7 Å². The molecular formula is C16H25Cl2N4O2-. The molecule has 24 heavy (non-hydrogen) atoms. The minimum Gasteiger partial charge on any atom is -0.481 e. The highest BCUT2D eigenvalue weighted by molar-refractivity contribution is 6.39. The van der Waals surface area contributed by atoms with Crippen LogP contribution in [0.5, 0.6) is 0 Å². The van der Waals surface area contributed by atoms with Gasteiger partial charge in [0.05, 0.1) is 22.3 Å². The van der Waals surface area contributed by atoms with Gasteiger partial charge in [0.2, 0.25) is 0 Å². The predicted molar refractivity (Wildman–Crippen MR) is 102 cm³/mol. The first-order valence-corrected chi connectivity index (χ1v) is 8.21. The number of nitrogens with one attached hydrogen (secondary N) is 2. The van der Waals surface area contributed by atoms with Crippen LogP contribution in [0.2, 0.25) is 10.0 Å². The first kappa shape index (κ1) is 22.5. The van der Waals surface area contributed by atoms with Crippen LogP contribution in [0.25, 0.3) is 0 Å². The van der Waals surface area contributed by atoms with Crippen LogP contribution in [-0.2, 0) is 4.79 Å². The van der Waals surface area contributed by atoms with Crippen molar-refractivity contribution in [3.63, 3.8) is 0 Å². The van der Waals surface area contributed by atoms with Crippen molar-refractivity contribution in [2.24, 2.45) is 10.7 Å². The van der Waals surface area contributed by atoms with Crippen molar-refractivity contribution < 1.29 is 9.90 Å². The van der Waals surface area contributed by atoms with Gasteiger partial charge in [-0.2, -0.15) is 0 Å². The van der Waals surface area contributed by atoms with Crippen LogP contribution in [0.15, 0.2) is 23.2 Å². The number of unbranched alkanes of at least 4 members (excludes halogenated alkanes) is 2. The number of aliphatic imine (C=N–C) groups is 1. The van der Waals surface area contributed by atoms with Crippen molar-refractivity contribution in [2.75, 3.05) is 25.0 Å². The molecule has 0 unspecified atom stereocenters. The molecule has 8 heteroatoms. The van der Waals surface area contributed by atoms with Gasteiger partial charge in [-0.25, -0.2) is 0 Å². The standard InChI is InChI=1S/C9H9Cl2N3.C6H13NO2.CH3/c10-6-2-1-3-7(11)8(6)14-9-12-4-5-13-9;7-5-3-1-2-4-6(8)9;/h1-3H,4-5H2,(H2,12,13,14);1-5,7H2,(H,8,9);1H3/q;;-1. The number of nitrogens with zero attached hydrogens (tertiary/aromatic N) is 1. The maximum absolute atomic E-state index is 9.93. The summed E-state index contributed by atoms with van der Waals surface area (Å²) in [5.41, 5.74) is 5.90. The van der Waals surface area contributed by atoms with E-state index in [2.05, 4.69) is 15.6 Å². The van der Waals surface area contributed by atoms with E-state index >= 15 is 0 Å². The first-order chi connectivity index (χ1) is 11.0. The largest absolute Gasteiger partial charge is 0.481 e. The van der Waals surface area contributed by atoms with Crippen LogP contribution >= 0.6 is 23.2 Å². The summed E-state index contributed by atoms with van der Waals surface area (Å²) in [7, 11) is 0. The number of para-hydroxylation sites is 1. The monoisotopic (exact) mass is 375 g/mol. The van der Waals surface area contributed by atoms with Gasteiger partial charge in [-0.3, -0.25) is 9.79 Å². The van der Waals surface area contributed by atoms with Crippen molar-refractivity contribution in [3.8, 4) is 0 Å². The lowest BCUT2D eigenvalue weighted by molar-refractivity contribution is -0.137. The van der Waals surface area contributed by atoms with Gasteiger partial charge >= 0.3 is 5.97 Å². The molecule has 0 saturated heterocycles. The first-order valence-electron chi connectivity index (χ1n) is 7.45. The zero-order valence-corrected chi connectivity index (χ0v) is 15.3. The molecular weight excluding hydrogens is 351 g/mol. The molecule has 0 saturated carbocycles. The quantitative estimate of drug-likeness (QED) is 0.450. The highest BCUT2D eigenvalue weighted by atomic mass is 35.5. The summed E-state index contributed by atoms with van der Waals surface area (Å²) in [6.07, 6.45) is 2.91. The second-order valence-corrected chi connectivity index (χ2v) is 5.69. The number of carboxylic acids is 1. The fourth-order valence-electron chi connectivity index (χ4n) is 1.81. The maximum atomic E-state index is 9.93. The third-order valence-electron chi connectivity index (χ3n) is 2.98. The van der Waals surface area contributed by atoms with E-state index in [4.69, 9.17) is 34.0 Å². The molecule has 6 nitrogen and oxygen atoms in total. The highest BCUT2D eigenvalue weighted by Crippen LogP contribution is 2.29. The molecule has 0 spiro atoms. The lowest BCUT2D eigenvalue weighted by Gasteiger charge is -2.09. The maximum Gasteiger partial charge on any atom is 0.303 e. The SMILES string of the molecule is Clc1cccc(Cl)c1NC1=NCCN1.NCCCCCC(=O)O.[CH3-]. The van der Waals surface area contributed by atoms with Gasteiger partial charge in [0, 0.05) is 13.0 Å². The average molecular weight is 376 g/mol. The number of benzene rings is 1. The predicted octanol–water partition coefficient (Wildman–Crippen LogP) is 3.40. The Labute approximate surface area is 153 Å². The number of anilines is 1. The molecule has 1 aliphatic rings. The molecule has 1 aliphatic heterocycles. The number of nitrogens with two attached hydrogens (primary N) is 1. The van der Waals surface area contributed by atoms with Gasteiger partial charge in [-0.15, -0.1) is 0 Å². The van der Waals surface area contributed by atoms with Gasteiger partial charge < -0.3 is 28.9 Å². The summed E-state index contributed by atoms with van der Waals surface area (Å²) in [4.78, 5) is 14.1. The number of guanidine groups is 1. The molecule has 0 fully saturated rings. The van der Waals surface area contributed by atoms with Crippen molar-refractivity contribution in [2.45, 2.75) is 25.7 Å². The molecule has 0 aliphatic carbocycles. The summed E-state index contributed by atoms with van der Waals surface area (Å²) >= 11 is 12.0. The van der Waals surface area contributed by atoms with Crippen LogP contribution in [0.3, 0.4) is 0 Å². The fourth-order valence-corrected chi connectivity index (χ4v) is 2.31. The normalized spacial score (nSPS) is 12.2. The minimum atomic E-state index is -0.716. The number of hydrogen-bond donors (Lipinski definition) is 4. The lowest BCUT2D eigenvalue weighted by atomic mass is 10.2. The Hall–Kier alpha value is -1.50.